The van der Waals surface area contributed by atoms with Crippen LogP contribution in [0.5, 0.6) is 0 Å². The van der Waals surface area contributed by atoms with Gasteiger partial charge < -0.3 is 15.5 Å². The second-order valence-corrected chi connectivity index (χ2v) is 6.67. The second-order valence-electron chi connectivity index (χ2n) is 6.67. The summed E-state index contributed by atoms with van der Waals surface area (Å²) in [6, 6.07) is 6.68. The number of aryl methyl sites for hydroxylation is 1. The average Bonchev–Trinajstić information content (AvgIpc) is 2.49. The highest BCUT2D eigenvalue weighted by Gasteiger charge is 2.21. The fourth-order valence-electron chi connectivity index (χ4n) is 2.26. The predicted molar refractivity (Wildman–Crippen MR) is 89.4 cm³/mol. The summed E-state index contributed by atoms with van der Waals surface area (Å²) in [6.45, 7) is 6.11. The number of hydrogen-bond acceptors (Lipinski definition) is 3. The van der Waals surface area contributed by atoms with Crippen LogP contribution < -0.4 is 5.32 Å². The monoisotopic (exact) mass is 321 g/mol. The van der Waals surface area contributed by atoms with Gasteiger partial charge in [0, 0.05) is 13.0 Å². The van der Waals surface area contributed by atoms with E-state index in [0.717, 1.165) is 6.42 Å². The molecule has 1 atom stereocenters. The summed E-state index contributed by atoms with van der Waals surface area (Å²) in [6.07, 6.45) is 2.09. The number of carbonyl (C=O) groups is 2. The van der Waals surface area contributed by atoms with Crippen molar-refractivity contribution in [3.63, 3.8) is 0 Å². The van der Waals surface area contributed by atoms with Crippen LogP contribution in [0.2, 0.25) is 0 Å². The van der Waals surface area contributed by atoms with Crippen molar-refractivity contribution < 1.29 is 19.8 Å². The summed E-state index contributed by atoms with van der Waals surface area (Å²) in [5, 5.41) is 22.1. The zero-order chi connectivity index (χ0) is 17.5. The maximum atomic E-state index is 11.9. The van der Waals surface area contributed by atoms with Gasteiger partial charge in [-0.25, -0.2) is 4.79 Å². The first-order valence-corrected chi connectivity index (χ1v) is 8.01. The van der Waals surface area contributed by atoms with Gasteiger partial charge >= 0.3 is 5.97 Å². The van der Waals surface area contributed by atoms with Crippen LogP contribution in [0.15, 0.2) is 24.3 Å². The first-order chi connectivity index (χ1) is 10.7. The molecule has 1 unspecified atom stereocenters. The van der Waals surface area contributed by atoms with Crippen molar-refractivity contribution in [3.05, 3.63) is 35.4 Å². The Kier molecular flexibility index (Phi) is 7.23. The predicted octanol–water partition coefficient (Wildman–Crippen LogP) is 2.62. The Hall–Kier alpha value is -1.88. The Morgan fingerprint density at radius 2 is 1.91 bits per heavy atom. The molecule has 0 bridgehead atoms. The van der Waals surface area contributed by atoms with Gasteiger partial charge in [-0.05, 0) is 43.7 Å². The van der Waals surface area contributed by atoms with E-state index in [2.05, 4.69) is 19.2 Å². The van der Waals surface area contributed by atoms with Crippen molar-refractivity contribution in [2.75, 3.05) is 6.54 Å². The van der Waals surface area contributed by atoms with E-state index in [1.165, 1.54) is 6.07 Å². The second kappa shape index (κ2) is 8.67. The lowest BCUT2D eigenvalue weighted by molar-refractivity contribution is -0.122. The highest BCUT2D eigenvalue weighted by Crippen LogP contribution is 2.16. The number of carboxylic acid groups (broad SMARTS) is 1. The van der Waals surface area contributed by atoms with E-state index < -0.39 is 11.6 Å². The summed E-state index contributed by atoms with van der Waals surface area (Å²) in [7, 11) is 0. The number of carbonyl (C=O) groups excluding carboxylic acids is 1. The van der Waals surface area contributed by atoms with Crippen molar-refractivity contribution in [1.82, 2.24) is 5.32 Å². The van der Waals surface area contributed by atoms with Gasteiger partial charge in [-0.2, -0.15) is 0 Å². The molecule has 0 fully saturated rings. The molecule has 1 amide bonds. The number of hydrogen-bond donors (Lipinski definition) is 3. The number of rotatable bonds is 9. The molecule has 0 saturated carbocycles. The fourth-order valence-corrected chi connectivity index (χ4v) is 2.26. The van der Waals surface area contributed by atoms with Crippen LogP contribution >= 0.6 is 0 Å². The molecule has 128 valence electrons. The van der Waals surface area contributed by atoms with E-state index in [0.29, 0.717) is 24.3 Å². The third-order valence-electron chi connectivity index (χ3n) is 3.80. The van der Waals surface area contributed by atoms with Gasteiger partial charge in [0.05, 0.1) is 11.2 Å². The molecule has 5 heteroatoms. The maximum absolute atomic E-state index is 11.9. The minimum Gasteiger partial charge on any atom is -0.478 e. The van der Waals surface area contributed by atoms with E-state index >= 15 is 0 Å². The van der Waals surface area contributed by atoms with Gasteiger partial charge in [-0.3, -0.25) is 4.79 Å². The number of benzene rings is 1. The molecular weight excluding hydrogens is 294 g/mol. The summed E-state index contributed by atoms with van der Waals surface area (Å²) < 4.78 is 0. The molecular formula is C18H27NO4. The zero-order valence-corrected chi connectivity index (χ0v) is 14.1. The number of nitrogens with one attached hydrogen (secondary N) is 1. The molecule has 1 rings (SSSR count). The Balaban J connectivity index is 2.45. The molecule has 23 heavy (non-hydrogen) atoms. The van der Waals surface area contributed by atoms with E-state index in [-0.39, 0.29) is 24.4 Å². The first kappa shape index (κ1) is 19.2. The van der Waals surface area contributed by atoms with Crippen molar-refractivity contribution in [1.29, 1.82) is 0 Å². The smallest absolute Gasteiger partial charge is 0.335 e. The largest absolute Gasteiger partial charge is 0.478 e. The van der Waals surface area contributed by atoms with E-state index in [4.69, 9.17) is 5.11 Å². The molecule has 0 saturated heterocycles. The molecule has 0 aliphatic rings. The topological polar surface area (TPSA) is 86.6 Å². The van der Waals surface area contributed by atoms with Crippen LogP contribution in [-0.4, -0.2) is 34.2 Å². The molecule has 5 nitrogen and oxygen atoms in total. The van der Waals surface area contributed by atoms with E-state index in [9.17, 15) is 14.7 Å². The summed E-state index contributed by atoms with van der Waals surface area (Å²) in [5.74, 6) is -0.669. The molecule has 0 heterocycles. The molecule has 0 aromatic heterocycles. The Labute approximate surface area is 137 Å². The van der Waals surface area contributed by atoms with Crippen LogP contribution in [0.25, 0.3) is 0 Å². The quantitative estimate of drug-likeness (QED) is 0.652. The maximum Gasteiger partial charge on any atom is 0.335 e. The van der Waals surface area contributed by atoms with E-state index in [1.807, 2.05) is 0 Å². The molecule has 0 spiro atoms. The molecule has 0 aliphatic heterocycles. The number of aromatic carboxylic acids is 1. The fraction of sp³-hybridized carbons (Fsp3) is 0.556. The molecule has 1 aromatic carbocycles. The van der Waals surface area contributed by atoms with Gasteiger partial charge in [-0.1, -0.05) is 32.0 Å². The summed E-state index contributed by atoms with van der Waals surface area (Å²) in [5.41, 5.74) is -0.0511. The van der Waals surface area contributed by atoms with Gasteiger partial charge in [0.15, 0.2) is 0 Å². The van der Waals surface area contributed by atoms with Gasteiger partial charge in [0.1, 0.15) is 0 Å². The Morgan fingerprint density at radius 1 is 1.26 bits per heavy atom. The highest BCUT2D eigenvalue weighted by atomic mass is 16.4. The highest BCUT2D eigenvalue weighted by molar-refractivity contribution is 5.89. The van der Waals surface area contributed by atoms with Crippen LogP contribution in [0.1, 0.15) is 56.0 Å². The van der Waals surface area contributed by atoms with Gasteiger partial charge in [0.25, 0.3) is 0 Å². The SMILES string of the molecule is CC(C)CCC(C)(O)CNC(=O)CCc1ccccc1C(=O)O. The van der Waals surface area contributed by atoms with Crippen molar-refractivity contribution >= 4 is 11.9 Å². The first-order valence-electron chi connectivity index (χ1n) is 8.01. The van der Waals surface area contributed by atoms with E-state index in [1.54, 1.807) is 25.1 Å². The summed E-state index contributed by atoms with van der Waals surface area (Å²) >= 11 is 0. The standard InChI is InChI=1S/C18H27NO4/c1-13(2)10-11-18(3,23)12-19-16(20)9-8-14-6-4-5-7-15(14)17(21)22/h4-7,13,23H,8-12H2,1-3H3,(H,19,20)(H,21,22). The van der Waals surface area contributed by atoms with Crippen molar-refractivity contribution in [2.45, 2.75) is 52.1 Å². The molecule has 0 aliphatic carbocycles. The lowest BCUT2D eigenvalue weighted by atomic mass is 9.95. The normalized spacial score (nSPS) is 13.6. The Morgan fingerprint density at radius 3 is 2.52 bits per heavy atom. The summed E-state index contributed by atoms with van der Waals surface area (Å²) in [4.78, 5) is 23.0. The average molecular weight is 321 g/mol. The van der Waals surface area contributed by atoms with Crippen LogP contribution in [-0.2, 0) is 11.2 Å². The molecule has 3 N–H and O–H groups in total. The van der Waals surface area contributed by atoms with Crippen molar-refractivity contribution in [2.24, 2.45) is 5.92 Å². The molecule has 1 aromatic rings. The number of carboxylic acids is 1. The zero-order valence-electron chi connectivity index (χ0n) is 14.1. The third-order valence-corrected chi connectivity index (χ3v) is 3.80. The Bertz CT molecular complexity index is 538. The number of amides is 1. The lowest BCUT2D eigenvalue weighted by Crippen LogP contribution is -2.40. The third kappa shape index (κ3) is 7.28. The van der Waals surface area contributed by atoms with Gasteiger partial charge in [-0.15, -0.1) is 0 Å². The molecule has 0 radical (unpaired) electrons. The van der Waals surface area contributed by atoms with Crippen molar-refractivity contribution in [3.8, 4) is 0 Å². The van der Waals surface area contributed by atoms with Crippen LogP contribution in [0.3, 0.4) is 0 Å². The van der Waals surface area contributed by atoms with Gasteiger partial charge in [0.2, 0.25) is 5.91 Å². The van der Waals surface area contributed by atoms with Crippen LogP contribution in [0.4, 0.5) is 0 Å². The number of aliphatic hydroxyl groups is 1. The lowest BCUT2D eigenvalue weighted by Gasteiger charge is -2.24. The minimum atomic E-state index is -0.988. The van der Waals surface area contributed by atoms with Crippen LogP contribution in [0, 0.1) is 5.92 Å². The minimum absolute atomic E-state index is 0.185.